The second-order valence-electron chi connectivity index (χ2n) is 9.75. The Bertz CT molecular complexity index is 1270. The number of hydrogen-bond acceptors (Lipinski definition) is 8. The highest BCUT2D eigenvalue weighted by Gasteiger charge is 2.32. The van der Waals surface area contributed by atoms with Crippen molar-refractivity contribution in [2.75, 3.05) is 50.9 Å². The Morgan fingerprint density at radius 1 is 1.23 bits per heavy atom. The Kier molecular flexibility index (Phi) is 12.0. The monoisotopic (exact) mass is 542 g/mol. The van der Waals surface area contributed by atoms with Crippen LogP contribution in [0.3, 0.4) is 0 Å². The number of hydrogen-bond donors (Lipinski definition) is 3. The van der Waals surface area contributed by atoms with Gasteiger partial charge in [0, 0.05) is 44.4 Å². The largest absolute Gasteiger partial charge is 0.369 e. The minimum absolute atomic E-state index is 0.107. The Balaban J connectivity index is 1.50. The van der Waals surface area contributed by atoms with Crippen molar-refractivity contribution < 1.29 is 9.59 Å². The van der Waals surface area contributed by atoms with Crippen LogP contribution < -0.4 is 16.0 Å². The lowest BCUT2D eigenvalue weighted by atomic mass is 10.2. The SMILES string of the molecule is CCCNc1nc(Nc2ccc(C#N)cc2)ncc1C#CCCCNC(=O)[C@H]1CCCN1C(=O)C=CCN(C)C. The van der Waals surface area contributed by atoms with E-state index in [2.05, 4.69) is 50.8 Å². The van der Waals surface area contributed by atoms with Crippen LogP contribution in [0.25, 0.3) is 0 Å². The number of anilines is 3. The molecule has 3 N–H and O–H groups in total. The van der Waals surface area contributed by atoms with Crippen LogP contribution >= 0.6 is 0 Å². The van der Waals surface area contributed by atoms with Gasteiger partial charge in [-0.3, -0.25) is 9.59 Å². The second-order valence-corrected chi connectivity index (χ2v) is 9.75. The summed E-state index contributed by atoms with van der Waals surface area (Å²) in [4.78, 5) is 37.8. The fourth-order valence-electron chi connectivity index (χ4n) is 4.10. The van der Waals surface area contributed by atoms with Crippen LogP contribution in [0.15, 0.2) is 42.6 Å². The van der Waals surface area contributed by atoms with E-state index < -0.39 is 6.04 Å². The number of likely N-dealkylation sites (tertiary alicyclic amines) is 1. The van der Waals surface area contributed by atoms with E-state index in [-0.39, 0.29) is 11.8 Å². The Labute approximate surface area is 236 Å². The number of aromatic nitrogens is 2. The summed E-state index contributed by atoms with van der Waals surface area (Å²) in [6, 6.07) is 8.76. The third kappa shape index (κ3) is 9.40. The quantitative estimate of drug-likeness (QED) is 0.212. The van der Waals surface area contributed by atoms with Gasteiger partial charge in [0.1, 0.15) is 11.9 Å². The van der Waals surface area contributed by atoms with Crippen molar-refractivity contribution in [1.29, 1.82) is 5.26 Å². The van der Waals surface area contributed by atoms with Crippen molar-refractivity contribution in [1.82, 2.24) is 25.1 Å². The Hall–Kier alpha value is -4.41. The summed E-state index contributed by atoms with van der Waals surface area (Å²) in [6.45, 7) is 4.60. The standard InChI is InChI=1S/C30H38N8O2/c1-4-17-32-28-24(22-34-30(36-28)35-25-15-13-23(21-31)14-16-25)10-6-5-7-18-33-29(40)26-11-8-20-38(26)27(39)12-9-19-37(2)3/h9,12-16,22,26H,4-5,7-8,11,17-20H2,1-3H3,(H,33,40)(H2,32,34,35,36)/t26-/m1/s1. The molecule has 210 valence electrons. The van der Waals surface area contributed by atoms with Gasteiger partial charge in [-0.15, -0.1) is 0 Å². The van der Waals surface area contributed by atoms with Crippen LogP contribution in [-0.4, -0.2) is 77.9 Å². The molecule has 2 amide bonds. The fourth-order valence-corrected chi connectivity index (χ4v) is 4.10. The number of carbonyl (C=O) groups is 2. The molecule has 0 radical (unpaired) electrons. The average molecular weight is 543 g/mol. The number of benzene rings is 1. The highest BCUT2D eigenvalue weighted by molar-refractivity contribution is 5.93. The first-order valence-corrected chi connectivity index (χ1v) is 13.7. The molecule has 1 aromatic carbocycles. The zero-order valence-corrected chi connectivity index (χ0v) is 23.5. The first-order chi connectivity index (χ1) is 19.4. The summed E-state index contributed by atoms with van der Waals surface area (Å²) in [6.07, 6.45) is 8.80. The maximum Gasteiger partial charge on any atom is 0.246 e. The number of carbonyl (C=O) groups excluding carboxylic acids is 2. The van der Waals surface area contributed by atoms with Crippen molar-refractivity contribution in [2.45, 2.75) is 45.1 Å². The van der Waals surface area contributed by atoms with Gasteiger partial charge in [-0.2, -0.15) is 10.2 Å². The van der Waals surface area contributed by atoms with Crippen molar-refractivity contribution >= 4 is 29.3 Å². The molecule has 1 aliphatic rings. The normalized spacial score (nSPS) is 14.5. The molecule has 2 heterocycles. The maximum atomic E-state index is 12.7. The second kappa shape index (κ2) is 15.9. The van der Waals surface area contributed by atoms with E-state index in [1.807, 2.05) is 25.1 Å². The average Bonchev–Trinajstić information content (AvgIpc) is 3.45. The molecular formula is C30H38N8O2. The minimum Gasteiger partial charge on any atom is -0.369 e. The molecular weight excluding hydrogens is 504 g/mol. The van der Waals surface area contributed by atoms with Crippen molar-refractivity contribution in [3.63, 3.8) is 0 Å². The van der Waals surface area contributed by atoms with Crippen LogP contribution in [-0.2, 0) is 9.59 Å². The zero-order chi connectivity index (χ0) is 28.7. The molecule has 1 aromatic heterocycles. The van der Waals surface area contributed by atoms with Gasteiger partial charge >= 0.3 is 0 Å². The number of amides is 2. The predicted molar refractivity (Wildman–Crippen MR) is 157 cm³/mol. The Morgan fingerprint density at radius 2 is 2.02 bits per heavy atom. The van der Waals surface area contributed by atoms with Gasteiger partial charge in [-0.05, 0) is 64.0 Å². The number of likely N-dealkylation sites (N-methyl/N-ethyl adjacent to an activating group) is 1. The number of nitrogens with one attached hydrogen (secondary N) is 3. The van der Waals surface area contributed by atoms with Crippen molar-refractivity contribution in [3.8, 4) is 17.9 Å². The highest BCUT2D eigenvalue weighted by Crippen LogP contribution is 2.19. The van der Waals surface area contributed by atoms with Gasteiger partial charge < -0.3 is 25.8 Å². The molecule has 10 heteroatoms. The number of nitriles is 1. The molecule has 0 saturated carbocycles. The smallest absolute Gasteiger partial charge is 0.246 e. The third-order valence-corrected chi connectivity index (χ3v) is 6.17. The Morgan fingerprint density at radius 3 is 2.75 bits per heavy atom. The van der Waals surface area contributed by atoms with E-state index in [1.54, 1.807) is 41.4 Å². The van der Waals surface area contributed by atoms with Crippen molar-refractivity contribution in [3.05, 3.63) is 53.7 Å². The van der Waals surface area contributed by atoms with Gasteiger partial charge in [-0.25, -0.2) is 4.98 Å². The van der Waals surface area contributed by atoms with E-state index in [9.17, 15) is 9.59 Å². The minimum atomic E-state index is -0.414. The number of nitrogens with zero attached hydrogens (tertiary/aromatic N) is 5. The molecule has 1 atom stereocenters. The lowest BCUT2D eigenvalue weighted by Crippen LogP contribution is -2.45. The van der Waals surface area contributed by atoms with E-state index in [0.29, 0.717) is 61.8 Å². The predicted octanol–water partition coefficient (Wildman–Crippen LogP) is 3.27. The summed E-state index contributed by atoms with van der Waals surface area (Å²) in [5.74, 6) is 7.16. The van der Waals surface area contributed by atoms with Crippen LogP contribution in [0.1, 0.15) is 50.2 Å². The fraction of sp³-hybridized carbons (Fsp3) is 0.433. The van der Waals surface area contributed by atoms with Crippen LogP contribution in [0.2, 0.25) is 0 Å². The number of unbranched alkanes of at least 4 members (excludes halogenated alkanes) is 1. The molecule has 1 aliphatic heterocycles. The molecule has 0 spiro atoms. The van der Waals surface area contributed by atoms with Gasteiger partial charge in [0.25, 0.3) is 0 Å². The van der Waals surface area contributed by atoms with Gasteiger partial charge in [0.05, 0.1) is 23.4 Å². The lowest BCUT2D eigenvalue weighted by Gasteiger charge is -2.22. The van der Waals surface area contributed by atoms with Gasteiger partial charge in [-0.1, -0.05) is 24.8 Å². The third-order valence-electron chi connectivity index (χ3n) is 6.17. The highest BCUT2D eigenvalue weighted by atomic mass is 16.2. The van der Waals surface area contributed by atoms with Crippen molar-refractivity contribution in [2.24, 2.45) is 0 Å². The summed E-state index contributed by atoms with van der Waals surface area (Å²) in [5, 5.41) is 18.4. The van der Waals surface area contributed by atoms with Gasteiger partial charge in [0.15, 0.2) is 0 Å². The molecule has 40 heavy (non-hydrogen) atoms. The topological polar surface area (TPSA) is 126 Å². The molecule has 1 saturated heterocycles. The maximum absolute atomic E-state index is 12.7. The van der Waals surface area contributed by atoms with E-state index >= 15 is 0 Å². The molecule has 3 rings (SSSR count). The lowest BCUT2D eigenvalue weighted by molar-refractivity contribution is -0.135. The molecule has 0 unspecified atom stereocenters. The zero-order valence-electron chi connectivity index (χ0n) is 23.5. The summed E-state index contributed by atoms with van der Waals surface area (Å²) in [5.41, 5.74) is 2.07. The molecule has 0 aliphatic carbocycles. The molecule has 10 nitrogen and oxygen atoms in total. The molecule has 0 bridgehead atoms. The number of rotatable bonds is 12. The van der Waals surface area contributed by atoms with Gasteiger partial charge in [0.2, 0.25) is 17.8 Å². The van der Waals surface area contributed by atoms with Crippen LogP contribution in [0.4, 0.5) is 17.5 Å². The molecule has 2 aromatic rings. The van der Waals surface area contributed by atoms with E-state index in [0.717, 1.165) is 25.1 Å². The van der Waals surface area contributed by atoms with Crippen LogP contribution in [0, 0.1) is 23.2 Å². The summed E-state index contributed by atoms with van der Waals surface area (Å²) < 4.78 is 0. The first-order valence-electron chi connectivity index (χ1n) is 13.7. The summed E-state index contributed by atoms with van der Waals surface area (Å²) >= 11 is 0. The van der Waals surface area contributed by atoms with E-state index in [1.165, 1.54) is 0 Å². The molecule has 1 fully saturated rings. The summed E-state index contributed by atoms with van der Waals surface area (Å²) in [7, 11) is 3.88. The first kappa shape index (κ1) is 30.1. The van der Waals surface area contributed by atoms with Crippen LogP contribution in [0.5, 0.6) is 0 Å². The van der Waals surface area contributed by atoms with E-state index in [4.69, 9.17) is 5.26 Å².